The smallest absolute Gasteiger partial charge is 0.243 e. The maximum absolute atomic E-state index is 13.9. The molecule has 8 heteroatoms. The first-order chi connectivity index (χ1) is 12.9. The summed E-state index contributed by atoms with van der Waals surface area (Å²) in [5.74, 6) is -1.90. The Morgan fingerprint density at radius 2 is 1.81 bits per heavy atom. The number of hydrogen-bond donors (Lipinski definition) is 1. The first-order valence-electron chi connectivity index (χ1n) is 9.18. The number of benzene rings is 1. The summed E-state index contributed by atoms with van der Waals surface area (Å²) in [5, 5.41) is 0. The van der Waals surface area contributed by atoms with Crippen LogP contribution in [0.15, 0.2) is 41.4 Å². The molecular weight excluding hydrogens is 372 g/mol. The Labute approximate surface area is 159 Å². The number of aryl methyl sites for hydroxylation is 1. The van der Waals surface area contributed by atoms with Crippen molar-refractivity contribution >= 4 is 10.0 Å². The lowest BCUT2D eigenvalue weighted by atomic mass is 10.1. The number of aromatic nitrogens is 1. The molecule has 0 amide bonds. The van der Waals surface area contributed by atoms with Crippen LogP contribution in [0.3, 0.4) is 0 Å². The second kappa shape index (κ2) is 8.50. The van der Waals surface area contributed by atoms with Crippen LogP contribution < -0.4 is 4.72 Å². The Morgan fingerprint density at radius 1 is 1.11 bits per heavy atom. The van der Waals surface area contributed by atoms with Crippen LogP contribution in [0.5, 0.6) is 0 Å². The van der Waals surface area contributed by atoms with Gasteiger partial charge in [0.15, 0.2) is 0 Å². The van der Waals surface area contributed by atoms with Gasteiger partial charge in [-0.15, -0.1) is 0 Å². The number of sulfonamides is 1. The van der Waals surface area contributed by atoms with Crippen LogP contribution in [0.1, 0.15) is 37.4 Å². The zero-order valence-corrected chi connectivity index (χ0v) is 16.2. The lowest BCUT2D eigenvalue weighted by molar-refractivity contribution is 0.199. The van der Waals surface area contributed by atoms with Gasteiger partial charge in [0.1, 0.15) is 16.5 Å². The monoisotopic (exact) mass is 397 g/mol. The zero-order chi connectivity index (χ0) is 19.4. The fourth-order valence-electron chi connectivity index (χ4n) is 3.61. The molecule has 0 spiro atoms. The zero-order valence-electron chi connectivity index (χ0n) is 15.4. The van der Waals surface area contributed by atoms with E-state index in [1.54, 1.807) is 0 Å². The molecule has 0 bridgehead atoms. The molecule has 1 aromatic carbocycles. The molecule has 1 fully saturated rings. The van der Waals surface area contributed by atoms with Gasteiger partial charge in [0.05, 0.1) is 6.04 Å². The predicted molar refractivity (Wildman–Crippen MR) is 99.7 cm³/mol. The second-order valence-corrected chi connectivity index (χ2v) is 8.67. The number of hydrogen-bond acceptors (Lipinski definition) is 3. The van der Waals surface area contributed by atoms with Gasteiger partial charge in [-0.05, 0) is 50.2 Å². The average Bonchev–Trinajstić information content (AvgIpc) is 2.86. The van der Waals surface area contributed by atoms with E-state index in [1.807, 2.05) is 29.9 Å². The molecule has 1 saturated heterocycles. The molecule has 1 aliphatic heterocycles. The summed E-state index contributed by atoms with van der Waals surface area (Å²) in [6.45, 7) is 1.90. The molecule has 1 N–H and O–H groups in total. The molecular formula is C19H25F2N3O2S. The van der Waals surface area contributed by atoms with Gasteiger partial charge in [-0.1, -0.05) is 12.8 Å². The molecule has 2 aromatic rings. The van der Waals surface area contributed by atoms with E-state index < -0.39 is 26.6 Å². The second-order valence-electron chi connectivity index (χ2n) is 6.94. The van der Waals surface area contributed by atoms with E-state index in [4.69, 9.17) is 0 Å². The average molecular weight is 397 g/mol. The van der Waals surface area contributed by atoms with Crippen molar-refractivity contribution in [2.24, 2.45) is 7.05 Å². The fourth-order valence-corrected chi connectivity index (χ4v) is 4.70. The highest BCUT2D eigenvalue weighted by Crippen LogP contribution is 2.25. The Morgan fingerprint density at radius 3 is 2.41 bits per heavy atom. The molecule has 1 atom stereocenters. The first-order valence-corrected chi connectivity index (χ1v) is 10.7. The van der Waals surface area contributed by atoms with Crippen molar-refractivity contribution in [2.75, 3.05) is 19.6 Å². The van der Waals surface area contributed by atoms with Crippen molar-refractivity contribution < 1.29 is 17.2 Å². The summed E-state index contributed by atoms with van der Waals surface area (Å²) in [7, 11) is -2.16. The summed E-state index contributed by atoms with van der Waals surface area (Å²) in [6.07, 6.45) is 6.40. The molecule has 1 unspecified atom stereocenters. The van der Waals surface area contributed by atoms with E-state index >= 15 is 0 Å². The molecule has 1 aliphatic rings. The van der Waals surface area contributed by atoms with E-state index in [9.17, 15) is 17.2 Å². The summed E-state index contributed by atoms with van der Waals surface area (Å²) >= 11 is 0. The summed E-state index contributed by atoms with van der Waals surface area (Å²) in [5.41, 5.74) is 0.999. The van der Waals surface area contributed by atoms with Crippen molar-refractivity contribution in [2.45, 2.75) is 36.6 Å². The van der Waals surface area contributed by atoms with Crippen LogP contribution in [0.4, 0.5) is 8.78 Å². The maximum atomic E-state index is 13.9. The SMILES string of the molecule is Cn1cccc1C(CNS(=O)(=O)c1ccc(F)cc1F)N1CCCCCC1. The maximum Gasteiger partial charge on any atom is 0.243 e. The largest absolute Gasteiger partial charge is 0.353 e. The Balaban J connectivity index is 1.82. The third kappa shape index (κ3) is 4.75. The molecule has 0 aliphatic carbocycles. The fraction of sp³-hybridized carbons (Fsp3) is 0.474. The van der Waals surface area contributed by atoms with Gasteiger partial charge in [0.2, 0.25) is 10.0 Å². The van der Waals surface area contributed by atoms with Gasteiger partial charge in [0.25, 0.3) is 0 Å². The molecule has 0 radical (unpaired) electrons. The molecule has 148 valence electrons. The molecule has 0 saturated carbocycles. The van der Waals surface area contributed by atoms with E-state index in [-0.39, 0.29) is 12.6 Å². The van der Waals surface area contributed by atoms with Gasteiger partial charge in [-0.25, -0.2) is 21.9 Å². The van der Waals surface area contributed by atoms with Gasteiger partial charge >= 0.3 is 0 Å². The minimum Gasteiger partial charge on any atom is -0.353 e. The highest BCUT2D eigenvalue weighted by Gasteiger charge is 2.27. The minimum absolute atomic E-state index is 0.122. The number of rotatable bonds is 6. The van der Waals surface area contributed by atoms with E-state index in [0.717, 1.165) is 43.8 Å². The summed E-state index contributed by atoms with van der Waals surface area (Å²) in [6, 6.07) is 6.23. The molecule has 3 rings (SSSR count). The van der Waals surface area contributed by atoms with Gasteiger partial charge in [-0.2, -0.15) is 0 Å². The molecule has 27 heavy (non-hydrogen) atoms. The quantitative estimate of drug-likeness (QED) is 0.815. The van der Waals surface area contributed by atoms with E-state index in [0.29, 0.717) is 6.07 Å². The molecule has 2 heterocycles. The van der Waals surface area contributed by atoms with Crippen LogP contribution in [0, 0.1) is 11.6 Å². The first kappa shape index (κ1) is 20.0. The Kier molecular flexibility index (Phi) is 6.29. The number of nitrogens with one attached hydrogen (secondary N) is 1. The third-order valence-electron chi connectivity index (χ3n) is 5.06. The van der Waals surface area contributed by atoms with Crippen molar-refractivity contribution in [1.82, 2.24) is 14.2 Å². The molecule has 5 nitrogen and oxygen atoms in total. The lowest BCUT2D eigenvalue weighted by Crippen LogP contribution is -2.39. The number of likely N-dealkylation sites (tertiary alicyclic amines) is 1. The molecule has 1 aromatic heterocycles. The topological polar surface area (TPSA) is 54.3 Å². The predicted octanol–water partition coefficient (Wildman–Crippen LogP) is 3.20. The van der Waals surface area contributed by atoms with Crippen LogP contribution in [-0.4, -0.2) is 37.5 Å². The van der Waals surface area contributed by atoms with Gasteiger partial charge < -0.3 is 4.57 Å². The van der Waals surface area contributed by atoms with Crippen LogP contribution in [0.25, 0.3) is 0 Å². The van der Waals surface area contributed by atoms with Gasteiger partial charge in [-0.3, -0.25) is 4.90 Å². The van der Waals surface area contributed by atoms with E-state index in [2.05, 4.69) is 9.62 Å². The number of nitrogens with zero attached hydrogens (tertiary/aromatic N) is 2. The highest BCUT2D eigenvalue weighted by molar-refractivity contribution is 7.89. The Hall–Kier alpha value is -1.77. The summed E-state index contributed by atoms with van der Waals surface area (Å²) < 4.78 is 56.7. The van der Waals surface area contributed by atoms with Crippen molar-refractivity contribution in [3.8, 4) is 0 Å². The van der Waals surface area contributed by atoms with Gasteiger partial charge in [0, 0.05) is 31.5 Å². The van der Waals surface area contributed by atoms with E-state index in [1.165, 1.54) is 12.8 Å². The summed E-state index contributed by atoms with van der Waals surface area (Å²) in [4.78, 5) is 1.75. The van der Waals surface area contributed by atoms with Crippen LogP contribution >= 0.6 is 0 Å². The number of halogens is 2. The van der Waals surface area contributed by atoms with Crippen molar-refractivity contribution in [3.05, 3.63) is 53.9 Å². The van der Waals surface area contributed by atoms with Crippen molar-refractivity contribution in [1.29, 1.82) is 0 Å². The highest BCUT2D eigenvalue weighted by atomic mass is 32.2. The van der Waals surface area contributed by atoms with Crippen molar-refractivity contribution in [3.63, 3.8) is 0 Å². The minimum atomic E-state index is -4.08. The normalized spacial score (nSPS) is 17.6. The Bertz CT molecular complexity index is 875. The van der Waals surface area contributed by atoms with Crippen LogP contribution in [-0.2, 0) is 17.1 Å². The van der Waals surface area contributed by atoms with Crippen LogP contribution in [0.2, 0.25) is 0 Å². The lowest BCUT2D eigenvalue weighted by Gasteiger charge is -2.31. The standard InChI is InChI=1S/C19H25F2N3O2S/c1-23-10-6-7-17(23)18(24-11-4-2-3-5-12-24)14-22-27(25,26)19-9-8-15(20)13-16(19)21/h6-10,13,18,22H,2-5,11-12,14H2,1H3. The third-order valence-corrected chi connectivity index (χ3v) is 6.51.